The van der Waals surface area contributed by atoms with Crippen molar-refractivity contribution in [3.63, 3.8) is 0 Å². The second kappa shape index (κ2) is 8.11. The number of aromatic amines is 1. The lowest BCUT2D eigenvalue weighted by atomic mass is 10.0. The van der Waals surface area contributed by atoms with Gasteiger partial charge in [0, 0.05) is 35.8 Å². The van der Waals surface area contributed by atoms with E-state index in [-0.39, 0.29) is 5.91 Å². The summed E-state index contributed by atoms with van der Waals surface area (Å²) in [5.41, 5.74) is 2.58. The number of ether oxygens (including phenoxy) is 1. The minimum absolute atomic E-state index is 0.333. The predicted octanol–water partition coefficient (Wildman–Crippen LogP) is 2.48. The molecule has 2 N–H and O–H groups in total. The highest BCUT2D eigenvalue weighted by Gasteiger charge is 2.22. The van der Waals surface area contributed by atoms with Gasteiger partial charge in [-0.2, -0.15) is 0 Å². The number of esters is 1. The fourth-order valence-corrected chi connectivity index (χ4v) is 2.71. The number of methoxy groups -OCH3 is 1. The highest BCUT2D eigenvalue weighted by atomic mass is 16.5. The number of benzene rings is 1. The number of nitrogens with one attached hydrogen (secondary N) is 2. The van der Waals surface area contributed by atoms with Crippen molar-refractivity contribution in [2.24, 2.45) is 0 Å². The van der Waals surface area contributed by atoms with Gasteiger partial charge in [0.15, 0.2) is 0 Å². The van der Waals surface area contributed by atoms with E-state index in [0.29, 0.717) is 12.1 Å². The van der Waals surface area contributed by atoms with Crippen molar-refractivity contribution >= 4 is 28.9 Å². The summed E-state index contributed by atoms with van der Waals surface area (Å²) in [5.74, 6) is -0.874. The first-order chi connectivity index (χ1) is 12.7. The van der Waals surface area contributed by atoms with Crippen LogP contribution in [0.5, 0.6) is 0 Å². The molecule has 0 saturated carbocycles. The van der Waals surface area contributed by atoms with Crippen molar-refractivity contribution in [3.05, 3.63) is 72.2 Å². The van der Waals surface area contributed by atoms with Gasteiger partial charge in [0.05, 0.1) is 12.8 Å². The topological polar surface area (TPSA) is 84.1 Å². The van der Waals surface area contributed by atoms with Crippen LogP contribution in [0, 0.1) is 0 Å². The van der Waals surface area contributed by atoms with Crippen molar-refractivity contribution in [1.29, 1.82) is 0 Å². The SMILES string of the molecule is COC(=O)[C@H](Cc1c[nH]c2ccccc12)NC(=O)/C=C/c1ccccn1. The number of nitrogens with zero attached hydrogens (tertiary/aromatic N) is 1. The number of aromatic nitrogens is 2. The third kappa shape index (κ3) is 4.16. The van der Waals surface area contributed by atoms with Crippen LogP contribution in [0.15, 0.2) is 60.9 Å². The smallest absolute Gasteiger partial charge is 0.328 e. The van der Waals surface area contributed by atoms with Crippen molar-refractivity contribution in [2.75, 3.05) is 7.11 Å². The van der Waals surface area contributed by atoms with Gasteiger partial charge in [-0.15, -0.1) is 0 Å². The number of pyridine rings is 1. The number of amides is 1. The minimum atomic E-state index is -0.778. The van der Waals surface area contributed by atoms with E-state index in [2.05, 4.69) is 15.3 Å². The van der Waals surface area contributed by atoms with E-state index < -0.39 is 12.0 Å². The summed E-state index contributed by atoms with van der Waals surface area (Å²) in [6.45, 7) is 0. The Hall–Kier alpha value is -3.41. The number of hydrogen-bond acceptors (Lipinski definition) is 4. The third-order valence-corrected chi connectivity index (χ3v) is 3.99. The molecule has 3 aromatic rings. The Morgan fingerprint density at radius 1 is 1.23 bits per heavy atom. The van der Waals surface area contributed by atoms with Crippen molar-refractivity contribution in [1.82, 2.24) is 15.3 Å². The van der Waals surface area contributed by atoms with Crippen LogP contribution in [-0.4, -0.2) is 35.0 Å². The Labute approximate surface area is 150 Å². The molecule has 0 unspecified atom stereocenters. The van der Waals surface area contributed by atoms with E-state index in [0.717, 1.165) is 16.5 Å². The lowest BCUT2D eigenvalue weighted by Crippen LogP contribution is -2.42. The second-order valence-corrected chi connectivity index (χ2v) is 5.74. The molecule has 0 fully saturated rings. The van der Waals surface area contributed by atoms with Gasteiger partial charge in [-0.1, -0.05) is 24.3 Å². The number of H-pyrrole nitrogens is 1. The summed E-state index contributed by atoms with van der Waals surface area (Å²) in [7, 11) is 1.31. The average Bonchev–Trinajstić information content (AvgIpc) is 3.09. The Kier molecular flexibility index (Phi) is 5.43. The van der Waals surface area contributed by atoms with Gasteiger partial charge >= 0.3 is 5.97 Å². The van der Waals surface area contributed by atoms with E-state index in [1.54, 1.807) is 24.4 Å². The summed E-state index contributed by atoms with van der Waals surface area (Å²) in [5, 5.41) is 3.71. The number of para-hydroxylation sites is 1. The van der Waals surface area contributed by atoms with Crippen LogP contribution in [-0.2, 0) is 20.7 Å². The molecule has 0 aliphatic carbocycles. The molecule has 3 rings (SSSR count). The van der Waals surface area contributed by atoms with Crippen molar-refractivity contribution in [2.45, 2.75) is 12.5 Å². The van der Waals surface area contributed by atoms with Crippen LogP contribution in [0.4, 0.5) is 0 Å². The van der Waals surface area contributed by atoms with Crippen LogP contribution in [0.1, 0.15) is 11.3 Å². The summed E-state index contributed by atoms with van der Waals surface area (Å²) >= 11 is 0. The van der Waals surface area contributed by atoms with Crippen LogP contribution in [0.3, 0.4) is 0 Å². The number of fused-ring (bicyclic) bond motifs is 1. The molecule has 0 aliphatic rings. The van der Waals surface area contributed by atoms with Gasteiger partial charge in [-0.05, 0) is 29.8 Å². The van der Waals surface area contributed by atoms with Crippen molar-refractivity contribution in [3.8, 4) is 0 Å². The molecule has 0 spiro atoms. The maximum absolute atomic E-state index is 12.2. The molecule has 6 heteroatoms. The Morgan fingerprint density at radius 2 is 2.04 bits per heavy atom. The molecule has 0 radical (unpaired) electrons. The van der Waals surface area contributed by atoms with Gasteiger partial charge in [0.1, 0.15) is 6.04 Å². The quantitative estimate of drug-likeness (QED) is 0.529. The zero-order valence-corrected chi connectivity index (χ0v) is 14.3. The maximum Gasteiger partial charge on any atom is 0.328 e. The van der Waals surface area contributed by atoms with Crippen LogP contribution in [0.25, 0.3) is 17.0 Å². The Morgan fingerprint density at radius 3 is 2.81 bits per heavy atom. The fourth-order valence-electron chi connectivity index (χ4n) is 2.71. The van der Waals surface area contributed by atoms with Crippen molar-refractivity contribution < 1.29 is 14.3 Å². The molecular formula is C20H19N3O3. The first-order valence-corrected chi connectivity index (χ1v) is 8.20. The maximum atomic E-state index is 12.2. The van der Waals surface area contributed by atoms with E-state index in [9.17, 15) is 9.59 Å². The summed E-state index contributed by atoms with van der Waals surface area (Å²) < 4.78 is 4.84. The molecule has 1 aromatic carbocycles. The minimum Gasteiger partial charge on any atom is -0.467 e. The standard InChI is InChI=1S/C20H19N3O3/c1-26-20(25)18(12-14-13-22-17-8-3-2-7-16(14)17)23-19(24)10-9-15-6-4-5-11-21-15/h2-11,13,18,22H,12H2,1H3,(H,23,24)/b10-9+/t18-/m0/s1. The highest BCUT2D eigenvalue weighted by Crippen LogP contribution is 2.19. The van der Waals surface area contributed by atoms with E-state index >= 15 is 0 Å². The normalized spacial score (nSPS) is 12.2. The predicted molar refractivity (Wildman–Crippen MR) is 99.2 cm³/mol. The number of hydrogen-bond donors (Lipinski definition) is 2. The molecule has 6 nitrogen and oxygen atoms in total. The fraction of sp³-hybridized carbons (Fsp3) is 0.150. The summed E-state index contributed by atoms with van der Waals surface area (Å²) in [6, 6.07) is 12.4. The first kappa shape index (κ1) is 17.4. The Bertz CT molecular complexity index is 932. The molecule has 26 heavy (non-hydrogen) atoms. The number of carbonyl (C=O) groups is 2. The van der Waals surface area contributed by atoms with Crippen LogP contribution < -0.4 is 5.32 Å². The Balaban J connectivity index is 1.73. The van der Waals surface area contributed by atoms with Gasteiger partial charge in [-0.3, -0.25) is 9.78 Å². The summed E-state index contributed by atoms with van der Waals surface area (Å²) in [4.78, 5) is 31.6. The molecule has 0 aliphatic heterocycles. The van der Waals surface area contributed by atoms with Crippen LogP contribution >= 0.6 is 0 Å². The molecule has 132 valence electrons. The number of rotatable bonds is 6. The molecule has 0 saturated heterocycles. The molecule has 1 amide bonds. The zero-order chi connectivity index (χ0) is 18.4. The lowest BCUT2D eigenvalue weighted by Gasteiger charge is -2.15. The molecule has 2 heterocycles. The zero-order valence-electron chi connectivity index (χ0n) is 14.3. The number of carbonyl (C=O) groups excluding carboxylic acids is 2. The average molecular weight is 349 g/mol. The molecule has 2 aromatic heterocycles. The van der Waals surface area contributed by atoms with Gasteiger partial charge in [0.25, 0.3) is 0 Å². The van der Waals surface area contributed by atoms with E-state index in [1.165, 1.54) is 13.2 Å². The molecule has 1 atom stereocenters. The third-order valence-electron chi connectivity index (χ3n) is 3.99. The lowest BCUT2D eigenvalue weighted by molar-refractivity contribution is -0.144. The van der Waals surface area contributed by atoms with Gasteiger partial charge < -0.3 is 15.0 Å². The first-order valence-electron chi connectivity index (χ1n) is 8.20. The van der Waals surface area contributed by atoms with E-state index in [1.807, 2.05) is 36.5 Å². The monoisotopic (exact) mass is 349 g/mol. The molecular weight excluding hydrogens is 330 g/mol. The van der Waals surface area contributed by atoms with E-state index in [4.69, 9.17) is 4.74 Å². The van der Waals surface area contributed by atoms with Gasteiger partial charge in [0.2, 0.25) is 5.91 Å². The largest absolute Gasteiger partial charge is 0.467 e. The highest BCUT2D eigenvalue weighted by molar-refractivity contribution is 5.94. The molecule has 0 bridgehead atoms. The van der Waals surface area contributed by atoms with Crippen LogP contribution in [0.2, 0.25) is 0 Å². The summed E-state index contributed by atoms with van der Waals surface area (Å²) in [6.07, 6.45) is 6.77. The van der Waals surface area contributed by atoms with Gasteiger partial charge in [-0.25, -0.2) is 4.79 Å². The second-order valence-electron chi connectivity index (χ2n) is 5.74.